The van der Waals surface area contributed by atoms with Gasteiger partial charge in [0, 0.05) is 24.7 Å². The molecule has 0 atom stereocenters. The number of carbonyl (C=O) groups is 1. The molecule has 0 aliphatic carbocycles. The number of amides is 1. The number of benzene rings is 1. The number of nitrogens with two attached hydrogens (primary N) is 1. The molecule has 0 radical (unpaired) electrons. The fourth-order valence-electron chi connectivity index (χ4n) is 1.71. The molecule has 0 aliphatic heterocycles. The summed E-state index contributed by atoms with van der Waals surface area (Å²) in [6.45, 7) is 2.76. The van der Waals surface area contributed by atoms with Crippen LogP contribution in [0.2, 0.25) is 0 Å². The number of anilines is 1. The first-order chi connectivity index (χ1) is 9.20. The van der Waals surface area contributed by atoms with Crippen molar-refractivity contribution in [1.82, 2.24) is 20.2 Å². The summed E-state index contributed by atoms with van der Waals surface area (Å²) in [6, 6.07) is 7.38. The monoisotopic (exact) mass is 260 g/mol. The van der Waals surface area contributed by atoms with Crippen LogP contribution in [0.15, 0.2) is 24.3 Å². The van der Waals surface area contributed by atoms with Gasteiger partial charge in [-0.15, -0.1) is 5.10 Å². The van der Waals surface area contributed by atoms with Crippen LogP contribution in [0.25, 0.3) is 11.4 Å². The highest BCUT2D eigenvalue weighted by molar-refractivity contribution is 5.88. The summed E-state index contributed by atoms with van der Waals surface area (Å²) in [6.07, 6.45) is 0.821. The molecule has 7 heteroatoms. The Balaban J connectivity index is 2.17. The first kappa shape index (κ1) is 13.2. The van der Waals surface area contributed by atoms with Crippen molar-refractivity contribution in [1.29, 1.82) is 0 Å². The second-order valence-corrected chi connectivity index (χ2v) is 4.13. The van der Waals surface area contributed by atoms with Crippen molar-refractivity contribution in [2.75, 3.05) is 11.9 Å². The molecule has 19 heavy (non-hydrogen) atoms. The average Bonchev–Trinajstić information content (AvgIpc) is 2.85. The number of rotatable bonds is 5. The van der Waals surface area contributed by atoms with Crippen molar-refractivity contribution < 1.29 is 4.79 Å². The van der Waals surface area contributed by atoms with E-state index in [9.17, 15) is 4.79 Å². The Kier molecular flexibility index (Phi) is 4.19. The van der Waals surface area contributed by atoms with Gasteiger partial charge in [-0.2, -0.15) is 0 Å². The van der Waals surface area contributed by atoms with E-state index < -0.39 is 0 Å². The summed E-state index contributed by atoms with van der Waals surface area (Å²) in [5.41, 5.74) is 7.12. The Labute approximate surface area is 110 Å². The molecule has 100 valence electrons. The lowest BCUT2D eigenvalue weighted by atomic mass is 10.2. The van der Waals surface area contributed by atoms with Gasteiger partial charge in [-0.05, 0) is 47.7 Å². The quantitative estimate of drug-likeness (QED) is 0.822. The number of hydrogen-bond donors (Lipinski definition) is 2. The maximum atomic E-state index is 10.9. The van der Waals surface area contributed by atoms with Gasteiger partial charge >= 0.3 is 0 Å². The van der Waals surface area contributed by atoms with Crippen molar-refractivity contribution in [3.63, 3.8) is 0 Å². The predicted molar refractivity (Wildman–Crippen MR) is 71.2 cm³/mol. The largest absolute Gasteiger partial charge is 0.330 e. The number of aromatic nitrogens is 4. The van der Waals surface area contributed by atoms with E-state index in [1.165, 1.54) is 6.92 Å². The zero-order chi connectivity index (χ0) is 13.7. The van der Waals surface area contributed by atoms with Crippen LogP contribution in [0.3, 0.4) is 0 Å². The van der Waals surface area contributed by atoms with Crippen molar-refractivity contribution in [3.8, 4) is 11.4 Å². The standard InChI is InChI=1S/C12H16N6O/c1-9(19)14-11-5-3-10(4-6-11)12-15-16-17-18(12)8-2-7-13/h3-6H,2,7-8,13H2,1H3,(H,14,19). The Hall–Kier alpha value is -2.28. The molecular formula is C12H16N6O. The highest BCUT2D eigenvalue weighted by Crippen LogP contribution is 2.18. The van der Waals surface area contributed by atoms with Gasteiger partial charge in [0.1, 0.15) is 0 Å². The number of nitrogens with one attached hydrogen (secondary N) is 1. The van der Waals surface area contributed by atoms with Crippen LogP contribution in [0.1, 0.15) is 13.3 Å². The third-order valence-electron chi connectivity index (χ3n) is 2.57. The number of tetrazole rings is 1. The third-order valence-corrected chi connectivity index (χ3v) is 2.57. The summed E-state index contributed by atoms with van der Waals surface area (Å²) in [4.78, 5) is 10.9. The molecule has 1 amide bonds. The van der Waals surface area contributed by atoms with Gasteiger partial charge in [0.25, 0.3) is 0 Å². The van der Waals surface area contributed by atoms with Crippen molar-refractivity contribution in [3.05, 3.63) is 24.3 Å². The molecule has 1 aromatic carbocycles. The van der Waals surface area contributed by atoms with E-state index in [4.69, 9.17) is 5.73 Å². The van der Waals surface area contributed by atoms with Crippen molar-refractivity contribution in [2.24, 2.45) is 5.73 Å². The smallest absolute Gasteiger partial charge is 0.221 e. The van der Waals surface area contributed by atoms with Gasteiger partial charge in [-0.3, -0.25) is 4.79 Å². The van der Waals surface area contributed by atoms with Gasteiger partial charge in [0.15, 0.2) is 5.82 Å². The summed E-state index contributed by atoms with van der Waals surface area (Å²) in [5, 5.41) is 14.3. The van der Waals surface area contributed by atoms with Crippen molar-refractivity contribution in [2.45, 2.75) is 19.9 Å². The van der Waals surface area contributed by atoms with E-state index >= 15 is 0 Å². The van der Waals surface area contributed by atoms with Gasteiger partial charge < -0.3 is 11.1 Å². The topological polar surface area (TPSA) is 98.7 Å². The maximum Gasteiger partial charge on any atom is 0.221 e. The molecule has 1 aromatic heterocycles. The van der Waals surface area contributed by atoms with E-state index in [-0.39, 0.29) is 5.91 Å². The second kappa shape index (κ2) is 6.05. The first-order valence-corrected chi connectivity index (χ1v) is 6.05. The van der Waals surface area contributed by atoms with Crippen LogP contribution in [-0.2, 0) is 11.3 Å². The molecule has 1 heterocycles. The lowest BCUT2D eigenvalue weighted by Crippen LogP contribution is -2.08. The summed E-state index contributed by atoms with van der Waals surface area (Å²) in [7, 11) is 0. The molecule has 0 fully saturated rings. The van der Waals surface area contributed by atoms with Crippen LogP contribution in [-0.4, -0.2) is 32.7 Å². The van der Waals surface area contributed by atoms with Gasteiger partial charge in [0.2, 0.25) is 5.91 Å². The Bertz CT molecular complexity index is 548. The zero-order valence-electron chi connectivity index (χ0n) is 10.7. The highest BCUT2D eigenvalue weighted by Gasteiger charge is 2.08. The lowest BCUT2D eigenvalue weighted by molar-refractivity contribution is -0.114. The molecule has 0 bridgehead atoms. The number of hydrogen-bond acceptors (Lipinski definition) is 5. The molecule has 3 N–H and O–H groups in total. The minimum Gasteiger partial charge on any atom is -0.330 e. The molecule has 0 saturated carbocycles. The highest BCUT2D eigenvalue weighted by atomic mass is 16.1. The van der Waals surface area contributed by atoms with Gasteiger partial charge in [-0.25, -0.2) is 4.68 Å². The van der Waals surface area contributed by atoms with E-state index in [0.717, 1.165) is 17.7 Å². The normalized spacial score (nSPS) is 10.4. The minimum absolute atomic E-state index is 0.0967. The lowest BCUT2D eigenvalue weighted by Gasteiger charge is -2.05. The third kappa shape index (κ3) is 3.35. The maximum absolute atomic E-state index is 10.9. The van der Waals surface area contributed by atoms with Crippen LogP contribution in [0, 0.1) is 0 Å². The Morgan fingerprint density at radius 1 is 1.37 bits per heavy atom. The molecule has 7 nitrogen and oxygen atoms in total. The first-order valence-electron chi connectivity index (χ1n) is 6.05. The Morgan fingerprint density at radius 3 is 2.74 bits per heavy atom. The second-order valence-electron chi connectivity index (χ2n) is 4.13. The van der Waals surface area contributed by atoms with E-state index in [1.807, 2.05) is 24.3 Å². The van der Waals surface area contributed by atoms with Crippen LogP contribution >= 0.6 is 0 Å². The van der Waals surface area contributed by atoms with Crippen LogP contribution < -0.4 is 11.1 Å². The minimum atomic E-state index is -0.0967. The predicted octanol–water partition coefficient (Wildman–Crippen LogP) is 0.647. The zero-order valence-corrected chi connectivity index (χ0v) is 10.7. The SMILES string of the molecule is CC(=O)Nc1ccc(-c2nnnn2CCCN)cc1. The summed E-state index contributed by atoms with van der Waals surface area (Å²) in [5.74, 6) is 0.600. The molecule has 0 unspecified atom stereocenters. The van der Waals surface area contributed by atoms with Crippen LogP contribution in [0.4, 0.5) is 5.69 Å². The number of carbonyl (C=O) groups excluding carboxylic acids is 1. The Morgan fingerprint density at radius 2 is 2.11 bits per heavy atom. The average molecular weight is 260 g/mol. The molecule has 2 rings (SSSR count). The summed E-state index contributed by atoms with van der Waals surface area (Å²) >= 11 is 0. The molecule has 2 aromatic rings. The summed E-state index contributed by atoms with van der Waals surface area (Å²) < 4.78 is 1.72. The fraction of sp³-hybridized carbons (Fsp3) is 0.333. The molecule has 0 aliphatic rings. The van der Waals surface area contributed by atoms with Crippen LogP contribution in [0.5, 0.6) is 0 Å². The van der Waals surface area contributed by atoms with Crippen molar-refractivity contribution >= 4 is 11.6 Å². The molecular weight excluding hydrogens is 244 g/mol. The fourth-order valence-corrected chi connectivity index (χ4v) is 1.71. The molecule has 0 saturated heterocycles. The van der Waals surface area contributed by atoms with E-state index in [1.54, 1.807) is 4.68 Å². The van der Waals surface area contributed by atoms with E-state index in [2.05, 4.69) is 20.8 Å². The van der Waals surface area contributed by atoms with Gasteiger partial charge in [0.05, 0.1) is 0 Å². The van der Waals surface area contributed by atoms with Gasteiger partial charge in [-0.1, -0.05) is 0 Å². The number of nitrogens with zero attached hydrogens (tertiary/aromatic N) is 4. The van der Waals surface area contributed by atoms with E-state index in [0.29, 0.717) is 18.9 Å². The number of aryl methyl sites for hydroxylation is 1. The molecule has 0 spiro atoms.